The van der Waals surface area contributed by atoms with Gasteiger partial charge in [-0.15, -0.1) is 0 Å². The lowest BCUT2D eigenvalue weighted by molar-refractivity contribution is -0.0953. The fourth-order valence-electron chi connectivity index (χ4n) is 4.67. The van der Waals surface area contributed by atoms with Crippen LogP contribution in [-0.2, 0) is 9.47 Å². The number of hydrogen-bond donors (Lipinski definition) is 1. The summed E-state index contributed by atoms with van der Waals surface area (Å²) in [5.41, 5.74) is 0.401. The van der Waals surface area contributed by atoms with E-state index in [1.165, 1.54) is 38.5 Å². The van der Waals surface area contributed by atoms with Gasteiger partial charge in [-0.3, -0.25) is 0 Å². The van der Waals surface area contributed by atoms with Gasteiger partial charge in [0, 0.05) is 19.2 Å². The molecule has 3 fully saturated rings. The van der Waals surface area contributed by atoms with E-state index in [0.717, 1.165) is 38.8 Å². The molecule has 0 radical (unpaired) electrons. The fourth-order valence-corrected chi connectivity index (χ4v) is 4.67. The summed E-state index contributed by atoms with van der Waals surface area (Å²) in [6.45, 7) is 6.47. The van der Waals surface area contributed by atoms with Gasteiger partial charge >= 0.3 is 0 Å². The number of rotatable bonds is 5. The monoisotopic (exact) mass is 295 g/mol. The molecule has 0 amide bonds. The van der Waals surface area contributed by atoms with Crippen molar-refractivity contribution in [2.24, 2.45) is 0 Å². The molecule has 0 aromatic heterocycles. The quantitative estimate of drug-likeness (QED) is 0.836. The number of nitrogens with one attached hydrogen (secondary N) is 1. The normalized spacial score (nSPS) is 34.6. The summed E-state index contributed by atoms with van der Waals surface area (Å²) < 4.78 is 12.5. The lowest BCUT2D eigenvalue weighted by Crippen LogP contribution is -2.48. The smallest absolute Gasteiger partial charge is 0.0708 e. The second kappa shape index (κ2) is 6.55. The average molecular weight is 295 g/mol. The minimum absolute atomic E-state index is 0.124. The highest BCUT2D eigenvalue weighted by molar-refractivity contribution is 4.94. The zero-order valence-electron chi connectivity index (χ0n) is 14.0. The van der Waals surface area contributed by atoms with Gasteiger partial charge in [0.1, 0.15) is 0 Å². The van der Waals surface area contributed by atoms with Crippen LogP contribution in [0.1, 0.15) is 78.1 Å². The van der Waals surface area contributed by atoms with Crippen LogP contribution in [-0.4, -0.2) is 36.5 Å². The molecule has 0 aromatic rings. The summed E-state index contributed by atoms with van der Waals surface area (Å²) in [5, 5.41) is 3.79. The Morgan fingerprint density at radius 2 is 1.81 bits per heavy atom. The van der Waals surface area contributed by atoms with Gasteiger partial charge in [0.2, 0.25) is 0 Å². The Balaban J connectivity index is 1.45. The van der Waals surface area contributed by atoms with Crippen LogP contribution in [0.4, 0.5) is 0 Å². The molecule has 3 heteroatoms. The second-order valence-corrected chi connectivity index (χ2v) is 7.51. The van der Waals surface area contributed by atoms with E-state index in [-0.39, 0.29) is 11.2 Å². The summed E-state index contributed by atoms with van der Waals surface area (Å²) in [4.78, 5) is 0. The molecule has 3 nitrogen and oxygen atoms in total. The van der Waals surface area contributed by atoms with Crippen LogP contribution in [0.2, 0.25) is 0 Å². The van der Waals surface area contributed by atoms with Crippen molar-refractivity contribution in [2.45, 2.75) is 101 Å². The van der Waals surface area contributed by atoms with Gasteiger partial charge in [0.25, 0.3) is 0 Å². The van der Waals surface area contributed by atoms with Crippen LogP contribution >= 0.6 is 0 Å². The molecule has 2 saturated heterocycles. The highest BCUT2D eigenvalue weighted by atomic mass is 16.5. The summed E-state index contributed by atoms with van der Waals surface area (Å²) >= 11 is 0. The molecule has 3 aliphatic rings. The van der Waals surface area contributed by atoms with Crippen LogP contribution < -0.4 is 5.32 Å². The first-order valence-corrected chi connectivity index (χ1v) is 9.24. The second-order valence-electron chi connectivity index (χ2n) is 7.51. The van der Waals surface area contributed by atoms with Crippen LogP contribution in [0.5, 0.6) is 0 Å². The Morgan fingerprint density at radius 3 is 2.52 bits per heavy atom. The van der Waals surface area contributed by atoms with Crippen molar-refractivity contribution in [3.05, 3.63) is 0 Å². The van der Waals surface area contributed by atoms with Crippen molar-refractivity contribution in [3.8, 4) is 0 Å². The molecule has 122 valence electrons. The van der Waals surface area contributed by atoms with E-state index in [4.69, 9.17) is 9.47 Å². The summed E-state index contributed by atoms with van der Waals surface area (Å²) in [6.07, 6.45) is 12.9. The maximum Gasteiger partial charge on any atom is 0.0708 e. The Hall–Kier alpha value is -0.120. The van der Waals surface area contributed by atoms with E-state index in [9.17, 15) is 0 Å². The number of hydrogen-bond acceptors (Lipinski definition) is 3. The Bertz CT molecular complexity index is 334. The lowest BCUT2D eigenvalue weighted by atomic mass is 9.86. The molecule has 2 atom stereocenters. The molecule has 0 bridgehead atoms. The first-order valence-electron chi connectivity index (χ1n) is 9.24. The third kappa shape index (κ3) is 3.46. The zero-order chi connectivity index (χ0) is 14.8. The molecule has 2 heterocycles. The van der Waals surface area contributed by atoms with E-state index in [0.29, 0.717) is 12.1 Å². The summed E-state index contributed by atoms with van der Waals surface area (Å²) in [7, 11) is 0. The van der Waals surface area contributed by atoms with E-state index < -0.39 is 0 Å². The van der Waals surface area contributed by atoms with Crippen LogP contribution in [0, 0.1) is 0 Å². The molecular formula is C18H33NO2. The molecule has 1 N–H and O–H groups in total. The molecule has 2 aliphatic heterocycles. The molecule has 1 saturated carbocycles. The topological polar surface area (TPSA) is 30.5 Å². The Labute approximate surface area is 130 Å². The van der Waals surface area contributed by atoms with Gasteiger partial charge in [0.15, 0.2) is 0 Å². The zero-order valence-corrected chi connectivity index (χ0v) is 14.0. The Kier molecular flexibility index (Phi) is 4.92. The van der Waals surface area contributed by atoms with Gasteiger partial charge in [-0.05, 0) is 51.4 Å². The standard InChI is InChI=1S/C18H33NO2/c1-3-17(4-2)13-15(8-12-20-17)19-14-16-7-11-18(21-16)9-5-6-10-18/h15-16,19H,3-14H2,1-2H3. The number of ether oxygens (including phenoxy) is 2. The third-order valence-electron chi connectivity index (χ3n) is 6.27. The van der Waals surface area contributed by atoms with E-state index in [1.54, 1.807) is 0 Å². The summed E-state index contributed by atoms with van der Waals surface area (Å²) in [5.74, 6) is 0. The highest BCUT2D eigenvalue weighted by Gasteiger charge is 2.42. The van der Waals surface area contributed by atoms with Crippen molar-refractivity contribution >= 4 is 0 Å². The van der Waals surface area contributed by atoms with Gasteiger partial charge in [-0.2, -0.15) is 0 Å². The van der Waals surface area contributed by atoms with Gasteiger partial charge in [-0.25, -0.2) is 0 Å². The van der Waals surface area contributed by atoms with E-state index in [2.05, 4.69) is 19.2 Å². The van der Waals surface area contributed by atoms with Crippen molar-refractivity contribution in [3.63, 3.8) is 0 Å². The molecular weight excluding hydrogens is 262 g/mol. The van der Waals surface area contributed by atoms with Crippen LogP contribution in [0.3, 0.4) is 0 Å². The maximum absolute atomic E-state index is 6.41. The van der Waals surface area contributed by atoms with Gasteiger partial charge < -0.3 is 14.8 Å². The van der Waals surface area contributed by atoms with Gasteiger partial charge in [0.05, 0.1) is 17.3 Å². The largest absolute Gasteiger partial charge is 0.375 e. The molecule has 0 aromatic carbocycles. The van der Waals surface area contributed by atoms with Crippen molar-refractivity contribution in [1.82, 2.24) is 5.32 Å². The highest BCUT2D eigenvalue weighted by Crippen LogP contribution is 2.43. The minimum atomic E-state index is 0.124. The molecule has 1 aliphatic carbocycles. The average Bonchev–Trinajstić information content (AvgIpc) is 3.16. The van der Waals surface area contributed by atoms with Crippen molar-refractivity contribution < 1.29 is 9.47 Å². The van der Waals surface area contributed by atoms with Crippen LogP contribution in [0.25, 0.3) is 0 Å². The fraction of sp³-hybridized carbons (Fsp3) is 1.00. The lowest BCUT2D eigenvalue weighted by Gasteiger charge is -2.40. The predicted octanol–water partition coefficient (Wildman–Crippen LogP) is 3.81. The first-order chi connectivity index (χ1) is 10.2. The summed E-state index contributed by atoms with van der Waals surface area (Å²) in [6, 6.07) is 0.613. The third-order valence-corrected chi connectivity index (χ3v) is 6.27. The molecule has 2 unspecified atom stereocenters. The van der Waals surface area contributed by atoms with E-state index in [1.807, 2.05) is 0 Å². The predicted molar refractivity (Wildman–Crippen MR) is 85.6 cm³/mol. The first kappa shape index (κ1) is 15.8. The maximum atomic E-state index is 6.41. The minimum Gasteiger partial charge on any atom is -0.375 e. The SMILES string of the molecule is CCC1(CC)CC(NCC2CCC3(CCCC3)O2)CCO1. The van der Waals surface area contributed by atoms with Crippen molar-refractivity contribution in [2.75, 3.05) is 13.2 Å². The molecule has 3 rings (SSSR count). The van der Waals surface area contributed by atoms with Crippen LogP contribution in [0.15, 0.2) is 0 Å². The van der Waals surface area contributed by atoms with Crippen molar-refractivity contribution in [1.29, 1.82) is 0 Å². The van der Waals surface area contributed by atoms with E-state index >= 15 is 0 Å². The Morgan fingerprint density at radius 1 is 1.05 bits per heavy atom. The molecule has 1 spiro atoms. The van der Waals surface area contributed by atoms with Gasteiger partial charge in [-0.1, -0.05) is 26.7 Å². The molecule has 21 heavy (non-hydrogen) atoms.